The van der Waals surface area contributed by atoms with Crippen LogP contribution in [0.1, 0.15) is 13.8 Å². The number of carboxylic acids is 1. The Bertz CT molecular complexity index is 328. The van der Waals surface area contributed by atoms with Crippen LogP contribution < -0.4 is 0 Å². The maximum absolute atomic E-state index is 10.8. The third-order valence-corrected chi connectivity index (χ3v) is 3.50. The molecule has 0 aromatic rings. The predicted octanol–water partition coefficient (Wildman–Crippen LogP) is 2.11. The minimum absolute atomic E-state index is 0.00194. The molecular formula is C10H13NO2S. The van der Waals surface area contributed by atoms with E-state index in [4.69, 9.17) is 10.4 Å². The third-order valence-electron chi connectivity index (χ3n) is 2.84. The highest BCUT2D eigenvalue weighted by Gasteiger charge is 2.61. The fourth-order valence-electron chi connectivity index (χ4n) is 1.77. The second kappa shape index (κ2) is 3.66. The number of nitriles is 1. The molecule has 0 bridgehead atoms. The SMILES string of the molecule is CS/C(C#N)=C/C1C(C(=O)O)C1(C)C. The van der Waals surface area contributed by atoms with E-state index in [1.807, 2.05) is 20.1 Å². The molecule has 2 atom stereocenters. The summed E-state index contributed by atoms with van der Waals surface area (Å²) in [6, 6.07) is 2.05. The van der Waals surface area contributed by atoms with Gasteiger partial charge < -0.3 is 5.11 Å². The zero-order chi connectivity index (χ0) is 10.9. The maximum atomic E-state index is 10.8. The number of allylic oxidation sites excluding steroid dienone is 2. The van der Waals surface area contributed by atoms with Gasteiger partial charge in [0.15, 0.2) is 0 Å². The molecule has 3 nitrogen and oxygen atoms in total. The van der Waals surface area contributed by atoms with Crippen LogP contribution in [0.2, 0.25) is 0 Å². The van der Waals surface area contributed by atoms with Gasteiger partial charge in [-0.2, -0.15) is 5.26 Å². The van der Waals surface area contributed by atoms with Crippen molar-refractivity contribution in [1.29, 1.82) is 5.26 Å². The average molecular weight is 211 g/mol. The van der Waals surface area contributed by atoms with Crippen molar-refractivity contribution in [2.24, 2.45) is 17.3 Å². The van der Waals surface area contributed by atoms with E-state index in [1.54, 1.807) is 6.08 Å². The number of carbonyl (C=O) groups is 1. The van der Waals surface area contributed by atoms with Crippen molar-refractivity contribution in [1.82, 2.24) is 0 Å². The van der Waals surface area contributed by atoms with E-state index in [0.717, 1.165) is 0 Å². The van der Waals surface area contributed by atoms with Gasteiger partial charge in [0, 0.05) is 0 Å². The van der Waals surface area contributed by atoms with Crippen LogP contribution in [0.25, 0.3) is 0 Å². The van der Waals surface area contributed by atoms with Gasteiger partial charge in [-0.25, -0.2) is 0 Å². The van der Waals surface area contributed by atoms with Crippen LogP contribution in [0.3, 0.4) is 0 Å². The van der Waals surface area contributed by atoms with Gasteiger partial charge in [0.25, 0.3) is 0 Å². The number of rotatable bonds is 3. The van der Waals surface area contributed by atoms with Gasteiger partial charge in [0.2, 0.25) is 0 Å². The van der Waals surface area contributed by atoms with Gasteiger partial charge in [0.1, 0.15) is 6.07 Å². The van der Waals surface area contributed by atoms with E-state index >= 15 is 0 Å². The lowest BCUT2D eigenvalue weighted by Gasteiger charge is -1.97. The van der Waals surface area contributed by atoms with Gasteiger partial charge >= 0.3 is 5.97 Å². The summed E-state index contributed by atoms with van der Waals surface area (Å²) in [7, 11) is 0. The second-order valence-electron chi connectivity index (χ2n) is 4.01. The first-order chi connectivity index (χ1) is 6.45. The molecule has 0 aromatic heterocycles. The van der Waals surface area contributed by atoms with E-state index in [0.29, 0.717) is 4.91 Å². The Morgan fingerprint density at radius 3 is 2.50 bits per heavy atom. The Morgan fingerprint density at radius 1 is 1.64 bits per heavy atom. The smallest absolute Gasteiger partial charge is 0.307 e. The molecule has 0 amide bonds. The van der Waals surface area contributed by atoms with Gasteiger partial charge in [-0.1, -0.05) is 19.9 Å². The molecule has 1 rings (SSSR count). The van der Waals surface area contributed by atoms with Crippen LogP contribution in [0.15, 0.2) is 11.0 Å². The Balaban J connectivity index is 2.80. The normalized spacial score (nSPS) is 29.4. The van der Waals surface area contributed by atoms with Gasteiger partial charge in [-0.15, -0.1) is 11.8 Å². The number of thioether (sulfide) groups is 1. The van der Waals surface area contributed by atoms with Gasteiger partial charge in [0.05, 0.1) is 10.8 Å². The average Bonchev–Trinajstić information content (AvgIpc) is 2.63. The van der Waals surface area contributed by atoms with Crippen molar-refractivity contribution in [3.05, 3.63) is 11.0 Å². The third kappa shape index (κ3) is 1.78. The van der Waals surface area contributed by atoms with Crippen molar-refractivity contribution in [3.63, 3.8) is 0 Å². The molecule has 0 spiro atoms. The summed E-state index contributed by atoms with van der Waals surface area (Å²) in [6.07, 6.45) is 3.60. The zero-order valence-corrected chi connectivity index (χ0v) is 9.26. The number of nitrogens with zero attached hydrogens (tertiary/aromatic N) is 1. The summed E-state index contributed by atoms with van der Waals surface area (Å²) in [5.74, 6) is -1.10. The molecule has 0 heterocycles. The molecule has 2 unspecified atom stereocenters. The van der Waals surface area contributed by atoms with Crippen molar-refractivity contribution < 1.29 is 9.90 Å². The minimum atomic E-state index is -0.769. The van der Waals surface area contributed by atoms with Crippen molar-refractivity contribution in [2.75, 3.05) is 6.26 Å². The lowest BCUT2D eigenvalue weighted by atomic mass is 10.1. The lowest BCUT2D eigenvalue weighted by Crippen LogP contribution is -2.03. The molecule has 76 valence electrons. The summed E-state index contributed by atoms with van der Waals surface area (Å²) in [5.41, 5.74) is -0.205. The fraction of sp³-hybridized carbons (Fsp3) is 0.600. The summed E-state index contributed by atoms with van der Waals surface area (Å²) in [4.78, 5) is 11.4. The molecule has 0 aromatic carbocycles. The quantitative estimate of drug-likeness (QED) is 0.726. The van der Waals surface area contributed by atoms with Crippen LogP contribution >= 0.6 is 11.8 Å². The monoisotopic (exact) mass is 211 g/mol. The Kier molecular flexibility index (Phi) is 2.91. The number of carboxylic acid groups (broad SMARTS) is 1. The van der Waals surface area contributed by atoms with E-state index in [-0.39, 0.29) is 17.3 Å². The first kappa shape index (κ1) is 11.1. The van der Waals surface area contributed by atoms with Crippen LogP contribution in [-0.2, 0) is 4.79 Å². The Morgan fingerprint density at radius 2 is 2.21 bits per heavy atom. The molecule has 0 aliphatic heterocycles. The van der Waals surface area contributed by atoms with E-state index < -0.39 is 5.97 Å². The topological polar surface area (TPSA) is 61.1 Å². The van der Waals surface area contributed by atoms with E-state index in [9.17, 15) is 4.79 Å². The Labute approximate surface area is 87.8 Å². The molecule has 1 aliphatic rings. The molecule has 1 aliphatic carbocycles. The first-order valence-corrected chi connectivity index (χ1v) is 5.56. The highest BCUT2D eigenvalue weighted by molar-refractivity contribution is 8.02. The second-order valence-corrected chi connectivity index (χ2v) is 4.86. The molecule has 1 saturated carbocycles. The van der Waals surface area contributed by atoms with E-state index in [2.05, 4.69) is 6.07 Å². The highest BCUT2D eigenvalue weighted by atomic mass is 32.2. The highest BCUT2D eigenvalue weighted by Crippen LogP contribution is 2.59. The molecule has 14 heavy (non-hydrogen) atoms. The van der Waals surface area contributed by atoms with Crippen molar-refractivity contribution in [3.8, 4) is 6.07 Å². The van der Waals surface area contributed by atoms with Crippen LogP contribution in [0.5, 0.6) is 0 Å². The van der Waals surface area contributed by atoms with Crippen LogP contribution in [-0.4, -0.2) is 17.3 Å². The first-order valence-electron chi connectivity index (χ1n) is 4.34. The summed E-state index contributed by atoms with van der Waals surface area (Å²) in [6.45, 7) is 3.84. The van der Waals surface area contributed by atoms with Crippen LogP contribution in [0.4, 0.5) is 0 Å². The molecule has 1 fully saturated rings. The molecule has 0 saturated heterocycles. The van der Waals surface area contributed by atoms with Crippen molar-refractivity contribution in [2.45, 2.75) is 13.8 Å². The minimum Gasteiger partial charge on any atom is -0.481 e. The van der Waals surface area contributed by atoms with E-state index in [1.165, 1.54) is 11.8 Å². The lowest BCUT2D eigenvalue weighted by molar-refractivity contribution is -0.139. The molecule has 4 heteroatoms. The largest absolute Gasteiger partial charge is 0.481 e. The zero-order valence-electron chi connectivity index (χ0n) is 8.44. The summed E-state index contributed by atoms with van der Waals surface area (Å²) >= 11 is 1.36. The summed E-state index contributed by atoms with van der Waals surface area (Å²) in [5, 5.41) is 17.6. The van der Waals surface area contributed by atoms with Crippen LogP contribution in [0, 0.1) is 28.6 Å². The standard InChI is InChI=1S/C10H13NO2S/c1-10(2)7(8(10)9(12)13)4-6(5-11)14-3/h4,7-8H,1-3H3,(H,12,13)/b6-4+. The van der Waals surface area contributed by atoms with Crippen molar-refractivity contribution >= 4 is 17.7 Å². The Hall–Kier alpha value is -0.950. The molecule has 0 radical (unpaired) electrons. The summed E-state index contributed by atoms with van der Waals surface area (Å²) < 4.78 is 0. The molecule has 1 N–H and O–H groups in total. The number of hydrogen-bond acceptors (Lipinski definition) is 3. The number of aliphatic carboxylic acids is 1. The van der Waals surface area contributed by atoms with Gasteiger partial charge in [-0.05, 0) is 17.6 Å². The van der Waals surface area contributed by atoms with Gasteiger partial charge in [-0.3, -0.25) is 4.79 Å². The number of hydrogen-bond donors (Lipinski definition) is 1. The fourth-order valence-corrected chi connectivity index (χ4v) is 2.15. The molecular weight excluding hydrogens is 198 g/mol. The maximum Gasteiger partial charge on any atom is 0.307 e. The predicted molar refractivity (Wildman–Crippen MR) is 55.6 cm³/mol.